The van der Waals surface area contributed by atoms with Crippen molar-refractivity contribution in [1.29, 1.82) is 0 Å². The van der Waals surface area contributed by atoms with Gasteiger partial charge >= 0.3 is 0 Å². The van der Waals surface area contributed by atoms with Gasteiger partial charge in [-0.1, -0.05) is 53.6 Å². The van der Waals surface area contributed by atoms with Crippen LogP contribution in [0.25, 0.3) is 6.08 Å². The Kier molecular flexibility index (Phi) is 4.40. The van der Waals surface area contributed by atoms with Crippen molar-refractivity contribution >= 4 is 29.3 Å². The maximum atomic E-state index is 12.7. The fourth-order valence-corrected chi connectivity index (χ4v) is 2.07. The molecule has 0 aliphatic heterocycles. The zero-order valence-corrected chi connectivity index (χ0v) is 11.0. The van der Waals surface area contributed by atoms with Gasteiger partial charge in [-0.3, -0.25) is 0 Å². The summed E-state index contributed by atoms with van der Waals surface area (Å²) in [5, 5.41) is 1.29. The molecule has 18 heavy (non-hydrogen) atoms. The lowest BCUT2D eigenvalue weighted by atomic mass is 10.1. The quantitative estimate of drug-likeness (QED) is 0.707. The van der Waals surface area contributed by atoms with Crippen LogP contribution in [0, 0.1) is 5.82 Å². The second-order valence-electron chi connectivity index (χ2n) is 3.89. The highest BCUT2D eigenvalue weighted by molar-refractivity contribution is 6.35. The zero-order valence-electron chi connectivity index (χ0n) is 9.54. The molecule has 0 saturated carbocycles. The van der Waals surface area contributed by atoms with E-state index in [9.17, 15) is 4.39 Å². The van der Waals surface area contributed by atoms with Gasteiger partial charge in [0.25, 0.3) is 0 Å². The van der Waals surface area contributed by atoms with Crippen molar-refractivity contribution in [3.05, 3.63) is 75.5 Å². The fraction of sp³-hybridized carbons (Fsp3) is 0.0667. The average molecular weight is 281 g/mol. The molecule has 0 unspecified atom stereocenters. The number of benzene rings is 2. The lowest BCUT2D eigenvalue weighted by molar-refractivity contribution is 0.628. The summed E-state index contributed by atoms with van der Waals surface area (Å²) in [6, 6.07) is 11.8. The Bertz CT molecular complexity index is 559. The smallest absolute Gasteiger partial charge is 0.123 e. The van der Waals surface area contributed by atoms with Crippen LogP contribution in [-0.2, 0) is 6.42 Å². The Balaban J connectivity index is 2.05. The van der Waals surface area contributed by atoms with Gasteiger partial charge in [-0.2, -0.15) is 0 Å². The molecule has 2 rings (SSSR count). The Hall–Kier alpha value is -1.31. The van der Waals surface area contributed by atoms with E-state index in [1.54, 1.807) is 18.2 Å². The minimum atomic E-state index is -0.229. The van der Waals surface area contributed by atoms with Gasteiger partial charge in [-0.15, -0.1) is 0 Å². The van der Waals surface area contributed by atoms with E-state index >= 15 is 0 Å². The first kappa shape index (κ1) is 13.1. The maximum Gasteiger partial charge on any atom is 0.123 e. The summed E-state index contributed by atoms with van der Waals surface area (Å²) in [6.07, 6.45) is 4.64. The van der Waals surface area contributed by atoms with Gasteiger partial charge < -0.3 is 0 Å². The van der Waals surface area contributed by atoms with Crippen LogP contribution in [0.15, 0.2) is 48.5 Å². The van der Waals surface area contributed by atoms with Crippen LogP contribution >= 0.6 is 23.2 Å². The van der Waals surface area contributed by atoms with E-state index in [2.05, 4.69) is 0 Å². The molecule has 2 aromatic carbocycles. The minimum Gasteiger partial charge on any atom is -0.207 e. The summed E-state index contributed by atoms with van der Waals surface area (Å²) in [7, 11) is 0. The molecule has 0 aliphatic rings. The zero-order chi connectivity index (χ0) is 13.0. The molecule has 0 aromatic heterocycles. The van der Waals surface area contributed by atoms with Gasteiger partial charge in [0, 0.05) is 10.0 Å². The SMILES string of the molecule is Fc1ccc(/C=C/Cc2ccc(Cl)cc2Cl)cc1. The number of halogens is 3. The third-order valence-corrected chi connectivity index (χ3v) is 3.12. The highest BCUT2D eigenvalue weighted by Crippen LogP contribution is 2.21. The monoisotopic (exact) mass is 280 g/mol. The molecule has 0 fully saturated rings. The van der Waals surface area contributed by atoms with Crippen LogP contribution < -0.4 is 0 Å². The molecular formula is C15H11Cl2F. The van der Waals surface area contributed by atoms with E-state index in [-0.39, 0.29) is 5.82 Å². The van der Waals surface area contributed by atoms with E-state index < -0.39 is 0 Å². The normalized spacial score (nSPS) is 11.1. The first-order chi connectivity index (χ1) is 8.65. The average Bonchev–Trinajstić information content (AvgIpc) is 2.34. The van der Waals surface area contributed by atoms with Crippen LogP contribution in [-0.4, -0.2) is 0 Å². The topological polar surface area (TPSA) is 0 Å². The van der Waals surface area contributed by atoms with Crippen LogP contribution in [0.2, 0.25) is 10.0 Å². The molecule has 0 saturated heterocycles. The van der Waals surface area contributed by atoms with Crippen LogP contribution in [0.3, 0.4) is 0 Å². The molecule has 0 nitrogen and oxygen atoms in total. The summed E-state index contributed by atoms with van der Waals surface area (Å²) in [4.78, 5) is 0. The second-order valence-corrected chi connectivity index (χ2v) is 4.74. The standard InChI is InChI=1S/C15H11Cl2F/c16-13-7-6-12(15(17)10-13)3-1-2-11-4-8-14(18)9-5-11/h1-2,4-10H,3H2/b2-1+. The molecule has 0 heterocycles. The summed E-state index contributed by atoms with van der Waals surface area (Å²) in [5.74, 6) is -0.229. The van der Waals surface area contributed by atoms with E-state index in [1.165, 1.54) is 12.1 Å². The predicted octanol–water partition coefficient (Wildman–Crippen LogP) is 5.39. The Morgan fingerprint density at radius 3 is 2.39 bits per heavy atom. The maximum absolute atomic E-state index is 12.7. The van der Waals surface area contributed by atoms with Crippen molar-refractivity contribution < 1.29 is 4.39 Å². The summed E-state index contributed by atoms with van der Waals surface area (Å²) < 4.78 is 12.7. The minimum absolute atomic E-state index is 0.229. The van der Waals surface area contributed by atoms with Crippen molar-refractivity contribution in [3.63, 3.8) is 0 Å². The van der Waals surface area contributed by atoms with Crippen molar-refractivity contribution in [2.75, 3.05) is 0 Å². The predicted molar refractivity (Wildman–Crippen MR) is 75.6 cm³/mol. The van der Waals surface area contributed by atoms with Gasteiger partial charge in [-0.05, 0) is 41.8 Å². The lowest BCUT2D eigenvalue weighted by Crippen LogP contribution is -1.83. The van der Waals surface area contributed by atoms with Crippen LogP contribution in [0.4, 0.5) is 4.39 Å². The van der Waals surface area contributed by atoms with E-state index in [0.717, 1.165) is 11.1 Å². The Morgan fingerprint density at radius 2 is 1.72 bits per heavy atom. The van der Waals surface area contributed by atoms with Crippen molar-refractivity contribution in [2.45, 2.75) is 6.42 Å². The van der Waals surface area contributed by atoms with Crippen molar-refractivity contribution in [3.8, 4) is 0 Å². The molecule has 3 heteroatoms. The third-order valence-electron chi connectivity index (χ3n) is 2.53. The van der Waals surface area contributed by atoms with Crippen molar-refractivity contribution in [2.24, 2.45) is 0 Å². The molecule has 0 radical (unpaired) electrons. The molecule has 0 amide bonds. The van der Waals surface area contributed by atoms with Gasteiger partial charge in [-0.25, -0.2) is 4.39 Å². The lowest BCUT2D eigenvalue weighted by Gasteiger charge is -2.01. The largest absolute Gasteiger partial charge is 0.207 e. The van der Waals surface area contributed by atoms with Gasteiger partial charge in [0.1, 0.15) is 5.82 Å². The number of allylic oxidation sites excluding steroid dienone is 1. The van der Waals surface area contributed by atoms with E-state index in [1.807, 2.05) is 24.3 Å². The van der Waals surface area contributed by atoms with Crippen molar-refractivity contribution in [1.82, 2.24) is 0 Å². The van der Waals surface area contributed by atoms with Crippen LogP contribution in [0.5, 0.6) is 0 Å². The molecule has 0 bridgehead atoms. The molecule has 92 valence electrons. The Labute approximate surface area is 116 Å². The number of hydrogen-bond donors (Lipinski definition) is 0. The summed E-state index contributed by atoms with van der Waals surface area (Å²) in [5.41, 5.74) is 1.97. The molecule has 0 aliphatic carbocycles. The first-order valence-corrected chi connectivity index (χ1v) is 6.27. The van der Waals surface area contributed by atoms with E-state index in [0.29, 0.717) is 16.5 Å². The molecule has 0 atom stereocenters. The Morgan fingerprint density at radius 1 is 1.00 bits per heavy atom. The highest BCUT2D eigenvalue weighted by atomic mass is 35.5. The molecule has 0 N–H and O–H groups in total. The number of rotatable bonds is 3. The summed E-state index contributed by atoms with van der Waals surface area (Å²) in [6.45, 7) is 0. The summed E-state index contributed by atoms with van der Waals surface area (Å²) >= 11 is 11.9. The molecular weight excluding hydrogens is 270 g/mol. The first-order valence-electron chi connectivity index (χ1n) is 5.51. The third kappa shape index (κ3) is 3.59. The van der Waals surface area contributed by atoms with Crippen LogP contribution in [0.1, 0.15) is 11.1 Å². The van der Waals surface area contributed by atoms with Gasteiger partial charge in [0.2, 0.25) is 0 Å². The highest BCUT2D eigenvalue weighted by Gasteiger charge is 1.98. The van der Waals surface area contributed by atoms with Gasteiger partial charge in [0.15, 0.2) is 0 Å². The second kappa shape index (κ2) is 6.03. The number of hydrogen-bond acceptors (Lipinski definition) is 0. The molecule has 0 spiro atoms. The molecule has 2 aromatic rings. The van der Waals surface area contributed by atoms with E-state index in [4.69, 9.17) is 23.2 Å². The van der Waals surface area contributed by atoms with Gasteiger partial charge in [0.05, 0.1) is 0 Å². The fourth-order valence-electron chi connectivity index (χ4n) is 1.58.